The Bertz CT molecular complexity index is 427. The van der Waals surface area contributed by atoms with Gasteiger partial charge in [-0.2, -0.15) is 48.3 Å². The summed E-state index contributed by atoms with van der Waals surface area (Å²) in [6, 6.07) is 0. The number of halogens is 12. The van der Waals surface area contributed by atoms with Crippen LogP contribution in [0, 0.1) is 0 Å². The van der Waals surface area contributed by atoms with Crippen molar-refractivity contribution < 1.29 is 58.1 Å². The summed E-state index contributed by atoms with van der Waals surface area (Å²) in [6.45, 7) is -1.34. The lowest BCUT2D eigenvalue weighted by Crippen LogP contribution is -2.58. The van der Waals surface area contributed by atoms with E-state index in [0.29, 0.717) is 0 Å². The van der Waals surface area contributed by atoms with Crippen molar-refractivity contribution in [3.05, 3.63) is 9.66 Å². The Kier molecular flexibility index (Phi) is 6.15. The van der Waals surface area contributed by atoms with Gasteiger partial charge in [0.25, 0.3) is 0 Å². The van der Waals surface area contributed by atoms with Crippen LogP contribution in [-0.2, 0) is 4.74 Å². The van der Waals surface area contributed by atoms with Crippen molar-refractivity contribution in [1.29, 1.82) is 0 Å². The summed E-state index contributed by atoms with van der Waals surface area (Å²) in [5.74, 6) is -12.8. The molecule has 0 heterocycles. The fraction of sp³-hybridized carbons (Fsp3) is 0.750. The summed E-state index contributed by atoms with van der Waals surface area (Å²) in [6.07, 6.45) is -21.2. The SMILES string of the molecule is OC/C(I)=C\[C@@](F)(OC(F)(F)C(F)(F)C(F)(F)F)C(F)(F)F. The molecule has 0 spiro atoms. The summed E-state index contributed by atoms with van der Waals surface area (Å²) in [7, 11) is 0. The molecule has 2 nitrogen and oxygen atoms in total. The lowest BCUT2D eigenvalue weighted by Gasteiger charge is -2.33. The standard InChI is InChI=1S/C8H4F11IO2/c9-4(6(12,13)14,1-3(20)2-21)22-8(18,19)5(10,11)7(15,16)17/h1,21H,2H2/b3-1+/t4-/m1/s1. The third-order valence-electron chi connectivity index (χ3n) is 1.88. The fourth-order valence-corrected chi connectivity index (χ4v) is 1.23. The fourth-order valence-electron chi connectivity index (χ4n) is 0.832. The zero-order valence-electron chi connectivity index (χ0n) is 9.68. The van der Waals surface area contributed by atoms with Crippen molar-refractivity contribution >= 4 is 22.6 Å². The molecule has 0 aromatic carbocycles. The first-order chi connectivity index (χ1) is 9.41. The first kappa shape index (κ1) is 21.6. The zero-order chi connectivity index (χ0) is 18.2. The quantitative estimate of drug-likeness (QED) is 0.481. The van der Waals surface area contributed by atoms with E-state index in [1.807, 2.05) is 0 Å². The summed E-state index contributed by atoms with van der Waals surface area (Å²) in [5.41, 5.74) is 0. The average Bonchev–Trinajstić information content (AvgIpc) is 2.24. The van der Waals surface area contributed by atoms with E-state index in [1.165, 1.54) is 0 Å². The Morgan fingerprint density at radius 3 is 1.55 bits per heavy atom. The van der Waals surface area contributed by atoms with Crippen LogP contribution in [0.3, 0.4) is 0 Å². The van der Waals surface area contributed by atoms with Gasteiger partial charge in [-0.25, -0.2) is 0 Å². The molecule has 0 amide bonds. The van der Waals surface area contributed by atoms with E-state index in [2.05, 4.69) is 4.74 Å². The Labute approximate surface area is 128 Å². The highest BCUT2D eigenvalue weighted by molar-refractivity contribution is 14.1. The molecule has 0 aromatic heterocycles. The van der Waals surface area contributed by atoms with Gasteiger partial charge in [-0.15, -0.1) is 0 Å². The molecule has 0 saturated carbocycles. The first-order valence-corrected chi connectivity index (χ1v) is 5.75. The second kappa shape index (κ2) is 6.26. The Morgan fingerprint density at radius 2 is 1.27 bits per heavy atom. The minimum absolute atomic E-state index is 0.796. The van der Waals surface area contributed by atoms with Gasteiger partial charge in [0.1, 0.15) is 0 Å². The number of aliphatic hydroxyl groups excluding tert-OH is 1. The minimum Gasteiger partial charge on any atom is -0.391 e. The molecule has 0 aromatic rings. The monoisotopic (exact) mass is 468 g/mol. The van der Waals surface area contributed by atoms with Crippen LogP contribution >= 0.6 is 22.6 Å². The predicted octanol–water partition coefficient (Wildman–Crippen LogP) is 4.33. The van der Waals surface area contributed by atoms with Crippen LogP contribution in [0.1, 0.15) is 0 Å². The number of rotatable bonds is 5. The topological polar surface area (TPSA) is 29.5 Å². The van der Waals surface area contributed by atoms with Crippen LogP contribution in [0.25, 0.3) is 0 Å². The van der Waals surface area contributed by atoms with Crippen molar-refractivity contribution in [1.82, 2.24) is 0 Å². The predicted molar refractivity (Wildman–Crippen MR) is 56.1 cm³/mol. The van der Waals surface area contributed by atoms with Crippen LogP contribution in [0.5, 0.6) is 0 Å². The number of hydrogen-bond donors (Lipinski definition) is 1. The van der Waals surface area contributed by atoms with Gasteiger partial charge in [0.15, 0.2) is 0 Å². The molecule has 1 atom stereocenters. The average molecular weight is 468 g/mol. The van der Waals surface area contributed by atoms with Crippen LogP contribution in [0.4, 0.5) is 48.3 Å². The van der Waals surface area contributed by atoms with Crippen LogP contribution in [0.2, 0.25) is 0 Å². The van der Waals surface area contributed by atoms with E-state index in [-0.39, 0.29) is 0 Å². The molecule has 0 aliphatic heterocycles. The number of aliphatic hydroxyl groups is 1. The van der Waals surface area contributed by atoms with E-state index in [0.717, 1.165) is 22.6 Å². The van der Waals surface area contributed by atoms with Gasteiger partial charge >= 0.3 is 30.2 Å². The summed E-state index contributed by atoms with van der Waals surface area (Å²) < 4.78 is 137. The summed E-state index contributed by atoms with van der Waals surface area (Å²) in [4.78, 5) is 0. The van der Waals surface area contributed by atoms with Crippen molar-refractivity contribution in [3.63, 3.8) is 0 Å². The maximum Gasteiger partial charge on any atom is 0.462 e. The van der Waals surface area contributed by atoms with E-state index >= 15 is 0 Å². The third-order valence-corrected chi connectivity index (χ3v) is 2.53. The van der Waals surface area contributed by atoms with Crippen LogP contribution in [0.15, 0.2) is 9.66 Å². The maximum atomic E-state index is 13.4. The molecule has 0 rings (SSSR count). The number of hydrogen-bond acceptors (Lipinski definition) is 2. The molecular formula is C8H4F11IO2. The molecule has 1 N–H and O–H groups in total. The molecule has 14 heteroatoms. The smallest absolute Gasteiger partial charge is 0.391 e. The summed E-state index contributed by atoms with van der Waals surface area (Å²) in [5, 5.41) is 8.37. The molecule has 0 unspecified atom stereocenters. The highest BCUT2D eigenvalue weighted by Crippen LogP contribution is 2.51. The number of ether oxygens (including phenoxy) is 1. The van der Waals surface area contributed by atoms with E-state index in [4.69, 9.17) is 5.11 Å². The van der Waals surface area contributed by atoms with Gasteiger partial charge in [-0.05, 0) is 22.6 Å². The lowest BCUT2D eigenvalue weighted by atomic mass is 10.2. The van der Waals surface area contributed by atoms with Gasteiger partial charge in [0, 0.05) is 9.66 Å². The highest BCUT2D eigenvalue weighted by Gasteiger charge is 2.78. The molecule has 0 aliphatic rings. The molecule has 0 aliphatic carbocycles. The Morgan fingerprint density at radius 1 is 0.864 bits per heavy atom. The highest BCUT2D eigenvalue weighted by atomic mass is 127. The Hall–Kier alpha value is -0.380. The molecule has 22 heavy (non-hydrogen) atoms. The van der Waals surface area contributed by atoms with Crippen molar-refractivity contribution in [2.75, 3.05) is 6.61 Å². The molecule has 0 fully saturated rings. The van der Waals surface area contributed by atoms with Crippen molar-refractivity contribution in [3.8, 4) is 0 Å². The molecule has 0 saturated heterocycles. The van der Waals surface area contributed by atoms with Crippen LogP contribution in [-0.4, -0.2) is 42.0 Å². The second-order valence-electron chi connectivity index (χ2n) is 3.58. The van der Waals surface area contributed by atoms with Gasteiger partial charge < -0.3 is 5.11 Å². The van der Waals surface area contributed by atoms with Crippen LogP contribution < -0.4 is 0 Å². The number of alkyl halides is 11. The van der Waals surface area contributed by atoms with E-state index < -0.39 is 46.5 Å². The molecule has 0 radical (unpaired) electrons. The van der Waals surface area contributed by atoms with Gasteiger partial charge in [-0.1, -0.05) is 0 Å². The summed E-state index contributed by atoms with van der Waals surface area (Å²) >= 11 is 0.796. The molecular weight excluding hydrogens is 464 g/mol. The second-order valence-corrected chi connectivity index (χ2v) is 4.97. The van der Waals surface area contributed by atoms with Gasteiger partial charge in [0.2, 0.25) is 0 Å². The zero-order valence-corrected chi connectivity index (χ0v) is 11.8. The molecule has 0 bridgehead atoms. The van der Waals surface area contributed by atoms with E-state index in [9.17, 15) is 48.3 Å². The lowest BCUT2D eigenvalue weighted by molar-refractivity contribution is -0.473. The van der Waals surface area contributed by atoms with Crippen molar-refractivity contribution in [2.45, 2.75) is 30.2 Å². The molecule has 132 valence electrons. The maximum absolute atomic E-state index is 13.4. The van der Waals surface area contributed by atoms with E-state index in [1.54, 1.807) is 0 Å². The first-order valence-electron chi connectivity index (χ1n) is 4.67. The van der Waals surface area contributed by atoms with Gasteiger partial charge in [0.05, 0.1) is 6.61 Å². The van der Waals surface area contributed by atoms with Crippen molar-refractivity contribution in [2.24, 2.45) is 0 Å². The Balaban J connectivity index is 5.88. The third kappa shape index (κ3) is 4.33. The van der Waals surface area contributed by atoms with Gasteiger partial charge in [-0.3, -0.25) is 4.74 Å². The normalized spacial score (nSPS) is 18.3. The minimum atomic E-state index is -7.10. The largest absolute Gasteiger partial charge is 0.462 e.